The van der Waals surface area contributed by atoms with Crippen molar-refractivity contribution in [2.45, 2.75) is 0 Å². The summed E-state index contributed by atoms with van der Waals surface area (Å²) in [6, 6.07) is 11.9. The number of oxazole rings is 1. The van der Waals surface area contributed by atoms with Crippen LogP contribution in [-0.4, -0.2) is 0 Å². The van der Waals surface area contributed by atoms with Crippen LogP contribution in [0.5, 0.6) is 0 Å². The molecule has 0 unspecified atom stereocenters. The molecule has 2 aromatic carbocycles. The third-order valence-corrected chi connectivity index (χ3v) is 2.78. The number of H-pyrrole nitrogens is 1. The minimum Gasteiger partial charge on any atom is -0.392 e. The number of aromatic amines is 1. The molecule has 4 heteroatoms. The minimum absolute atomic E-state index is 0.128. The first-order valence-corrected chi connectivity index (χ1v) is 5.36. The summed E-state index contributed by atoms with van der Waals surface area (Å²) >= 11 is 0. The SMILES string of the molecule is O=Pc1[nH+]c2c(ccc3ccccc32)o1. The summed E-state index contributed by atoms with van der Waals surface area (Å²) in [4.78, 5) is 3.00. The molecule has 0 aliphatic carbocycles. The lowest BCUT2D eigenvalue weighted by Gasteiger charge is -1.92. The predicted octanol–water partition coefficient (Wildman–Crippen LogP) is 2.32. The Bertz CT molecular complexity index is 660. The standard InChI is InChI=1S/C11H6NO2P/c13-15-11-12-10-8-4-2-1-3-7(8)5-6-9(10)14-11/h1-6H/p+1. The lowest BCUT2D eigenvalue weighted by atomic mass is 10.1. The van der Waals surface area contributed by atoms with Crippen LogP contribution < -0.4 is 10.6 Å². The summed E-state index contributed by atoms with van der Waals surface area (Å²) in [5, 5.41) is 2.21. The van der Waals surface area contributed by atoms with E-state index in [4.69, 9.17) is 4.42 Å². The Morgan fingerprint density at radius 1 is 1.13 bits per heavy atom. The van der Waals surface area contributed by atoms with Gasteiger partial charge in [-0.2, -0.15) is 4.98 Å². The molecule has 1 aromatic heterocycles. The van der Waals surface area contributed by atoms with E-state index >= 15 is 0 Å². The molecule has 3 rings (SSSR count). The van der Waals surface area contributed by atoms with Gasteiger partial charge in [-0.3, -0.25) is 4.57 Å². The van der Waals surface area contributed by atoms with Crippen LogP contribution in [0.4, 0.5) is 0 Å². The summed E-state index contributed by atoms with van der Waals surface area (Å²) in [7, 11) is -0.128. The molecule has 0 radical (unpaired) electrons. The van der Waals surface area contributed by atoms with Gasteiger partial charge in [0.15, 0.2) is 0 Å². The largest absolute Gasteiger partial charge is 0.440 e. The van der Waals surface area contributed by atoms with E-state index in [1.807, 2.05) is 36.4 Å². The van der Waals surface area contributed by atoms with E-state index in [1.54, 1.807) is 0 Å². The fourth-order valence-electron chi connectivity index (χ4n) is 1.74. The van der Waals surface area contributed by atoms with E-state index < -0.39 is 0 Å². The number of fused-ring (bicyclic) bond motifs is 3. The van der Waals surface area contributed by atoms with Crippen LogP contribution in [0.15, 0.2) is 40.8 Å². The molecule has 0 aliphatic rings. The van der Waals surface area contributed by atoms with Gasteiger partial charge in [0.1, 0.15) is 0 Å². The molecule has 0 spiro atoms. The summed E-state index contributed by atoms with van der Waals surface area (Å²) < 4.78 is 16.0. The Morgan fingerprint density at radius 3 is 2.87 bits per heavy atom. The zero-order valence-corrected chi connectivity index (χ0v) is 8.62. The van der Waals surface area contributed by atoms with Crippen molar-refractivity contribution < 1.29 is 14.0 Å². The Balaban J connectivity index is 2.52. The molecular formula is C11H7NO2P+. The highest BCUT2D eigenvalue weighted by Gasteiger charge is 2.15. The van der Waals surface area contributed by atoms with E-state index in [-0.39, 0.29) is 8.46 Å². The quantitative estimate of drug-likeness (QED) is 0.586. The molecule has 1 heterocycles. The van der Waals surface area contributed by atoms with Gasteiger partial charge >= 0.3 is 14.1 Å². The molecule has 0 saturated heterocycles. The lowest BCUT2D eigenvalue weighted by molar-refractivity contribution is -0.326. The molecule has 72 valence electrons. The molecule has 0 bridgehead atoms. The van der Waals surface area contributed by atoms with Crippen LogP contribution in [0.1, 0.15) is 0 Å². The molecule has 3 nitrogen and oxygen atoms in total. The summed E-state index contributed by atoms with van der Waals surface area (Å²) in [5.74, 6) is 0. The molecule has 0 amide bonds. The van der Waals surface area contributed by atoms with E-state index in [2.05, 4.69) is 4.98 Å². The number of aromatic nitrogens is 1. The van der Waals surface area contributed by atoms with Crippen molar-refractivity contribution in [3.05, 3.63) is 36.4 Å². The second kappa shape index (κ2) is 3.14. The van der Waals surface area contributed by atoms with Crippen molar-refractivity contribution in [2.75, 3.05) is 0 Å². The van der Waals surface area contributed by atoms with E-state index in [0.717, 1.165) is 21.9 Å². The average Bonchev–Trinajstić information content (AvgIpc) is 2.72. The van der Waals surface area contributed by atoms with Crippen LogP contribution in [0, 0.1) is 0 Å². The third-order valence-electron chi connectivity index (χ3n) is 2.41. The van der Waals surface area contributed by atoms with Gasteiger partial charge in [-0.25, -0.2) is 0 Å². The summed E-state index contributed by atoms with van der Waals surface area (Å²) in [6.07, 6.45) is 0. The van der Waals surface area contributed by atoms with E-state index in [9.17, 15) is 4.57 Å². The molecule has 1 N–H and O–H groups in total. The predicted molar refractivity (Wildman–Crippen MR) is 57.5 cm³/mol. The molecular weight excluding hydrogens is 209 g/mol. The number of nitrogens with one attached hydrogen (secondary N) is 1. The van der Waals surface area contributed by atoms with E-state index in [0.29, 0.717) is 5.63 Å². The van der Waals surface area contributed by atoms with Crippen molar-refractivity contribution in [1.82, 2.24) is 0 Å². The molecule has 0 atom stereocenters. The normalized spacial score (nSPS) is 11.5. The van der Waals surface area contributed by atoms with Crippen LogP contribution in [0.25, 0.3) is 21.9 Å². The van der Waals surface area contributed by atoms with Crippen LogP contribution >= 0.6 is 8.46 Å². The minimum atomic E-state index is -0.128. The molecule has 0 saturated carbocycles. The smallest absolute Gasteiger partial charge is 0.392 e. The van der Waals surface area contributed by atoms with Gasteiger partial charge in [0.25, 0.3) is 5.52 Å². The maximum atomic E-state index is 10.7. The highest BCUT2D eigenvalue weighted by Crippen LogP contribution is 2.21. The number of rotatable bonds is 1. The van der Waals surface area contributed by atoms with Crippen molar-refractivity contribution in [3.63, 3.8) is 0 Å². The molecule has 3 aromatic rings. The first kappa shape index (κ1) is 8.57. The average molecular weight is 216 g/mol. The van der Waals surface area contributed by atoms with Gasteiger partial charge in [-0.15, -0.1) is 0 Å². The van der Waals surface area contributed by atoms with Gasteiger partial charge in [-0.05, 0) is 17.5 Å². The highest BCUT2D eigenvalue weighted by molar-refractivity contribution is 7.32. The topological polar surface area (TPSA) is 44.4 Å². The Labute approximate surface area is 86.9 Å². The molecule has 15 heavy (non-hydrogen) atoms. The second-order valence-electron chi connectivity index (χ2n) is 3.28. The van der Waals surface area contributed by atoms with Crippen molar-refractivity contribution in [1.29, 1.82) is 0 Å². The zero-order chi connectivity index (χ0) is 10.3. The lowest BCUT2D eigenvalue weighted by Crippen LogP contribution is -2.15. The second-order valence-corrected chi connectivity index (χ2v) is 3.87. The number of hydrogen-bond acceptors (Lipinski definition) is 2. The molecule has 0 aliphatic heterocycles. The summed E-state index contributed by atoms with van der Waals surface area (Å²) in [6.45, 7) is 0. The van der Waals surface area contributed by atoms with Crippen LogP contribution in [0.2, 0.25) is 0 Å². The van der Waals surface area contributed by atoms with Gasteiger partial charge in [0.05, 0.1) is 5.39 Å². The van der Waals surface area contributed by atoms with E-state index in [1.165, 1.54) is 0 Å². The first-order valence-electron chi connectivity index (χ1n) is 4.55. The fourth-order valence-corrected chi connectivity index (χ4v) is 2.04. The van der Waals surface area contributed by atoms with Crippen molar-refractivity contribution >= 4 is 36.0 Å². The Morgan fingerprint density at radius 2 is 2.00 bits per heavy atom. The maximum Gasteiger partial charge on any atom is 0.440 e. The van der Waals surface area contributed by atoms with Gasteiger partial charge in [0.2, 0.25) is 5.58 Å². The van der Waals surface area contributed by atoms with Crippen molar-refractivity contribution in [2.24, 2.45) is 0 Å². The van der Waals surface area contributed by atoms with Gasteiger partial charge in [0, 0.05) is 0 Å². The number of benzene rings is 2. The van der Waals surface area contributed by atoms with Crippen LogP contribution in [-0.2, 0) is 4.57 Å². The first-order chi connectivity index (χ1) is 7.38. The monoisotopic (exact) mass is 216 g/mol. The zero-order valence-electron chi connectivity index (χ0n) is 7.73. The summed E-state index contributed by atoms with van der Waals surface area (Å²) in [5.41, 5.74) is 1.97. The third kappa shape index (κ3) is 1.24. The fraction of sp³-hybridized carbons (Fsp3) is 0. The molecule has 0 fully saturated rings. The van der Waals surface area contributed by atoms with Crippen molar-refractivity contribution in [3.8, 4) is 0 Å². The van der Waals surface area contributed by atoms with Gasteiger partial charge in [-0.1, -0.05) is 24.3 Å². The number of hydrogen-bond donors (Lipinski definition) is 0. The Kier molecular flexibility index (Phi) is 1.79. The van der Waals surface area contributed by atoms with Crippen LogP contribution in [0.3, 0.4) is 0 Å². The maximum absolute atomic E-state index is 10.7. The Hall–Kier alpha value is -1.73. The highest BCUT2D eigenvalue weighted by atomic mass is 31.1. The van der Waals surface area contributed by atoms with Gasteiger partial charge < -0.3 is 4.42 Å².